The summed E-state index contributed by atoms with van der Waals surface area (Å²) in [6.07, 6.45) is 0.961. The second-order valence-electron chi connectivity index (χ2n) is 4.53. The van der Waals surface area contributed by atoms with Crippen molar-refractivity contribution in [2.45, 2.75) is 19.4 Å². The van der Waals surface area contributed by atoms with Gasteiger partial charge in [0, 0.05) is 6.42 Å². The molecule has 0 radical (unpaired) electrons. The minimum Gasteiger partial charge on any atom is -0.489 e. The van der Waals surface area contributed by atoms with Crippen LogP contribution in [0.15, 0.2) is 48.5 Å². The van der Waals surface area contributed by atoms with Crippen molar-refractivity contribution in [2.75, 3.05) is 0 Å². The van der Waals surface area contributed by atoms with Gasteiger partial charge in [0.2, 0.25) is 5.91 Å². The Bertz CT molecular complexity index is 581. The minimum atomic E-state index is -0.309. The van der Waals surface area contributed by atoms with Crippen molar-refractivity contribution in [3.05, 3.63) is 65.5 Å². The first-order valence-electron chi connectivity index (χ1n) is 6.38. The molecule has 0 aliphatic carbocycles. The van der Waals surface area contributed by atoms with Gasteiger partial charge >= 0.3 is 0 Å². The summed E-state index contributed by atoms with van der Waals surface area (Å²) < 4.78 is 18.6. The van der Waals surface area contributed by atoms with Gasteiger partial charge in [-0.15, -0.1) is 0 Å². The average molecular weight is 273 g/mol. The molecule has 104 valence electrons. The largest absolute Gasteiger partial charge is 0.489 e. The van der Waals surface area contributed by atoms with Crippen LogP contribution < -0.4 is 10.5 Å². The van der Waals surface area contributed by atoms with Gasteiger partial charge in [0.25, 0.3) is 0 Å². The summed E-state index contributed by atoms with van der Waals surface area (Å²) in [5.74, 6) is 0.126. The molecule has 0 aliphatic rings. The summed E-state index contributed by atoms with van der Waals surface area (Å²) in [7, 11) is 0. The van der Waals surface area contributed by atoms with Gasteiger partial charge in [-0.3, -0.25) is 4.79 Å². The number of amides is 1. The summed E-state index contributed by atoms with van der Waals surface area (Å²) in [6, 6.07) is 13.8. The van der Waals surface area contributed by atoms with Crippen LogP contribution in [0.25, 0.3) is 0 Å². The van der Waals surface area contributed by atoms with Crippen LogP contribution in [0.3, 0.4) is 0 Å². The number of primary amides is 1. The smallest absolute Gasteiger partial charge is 0.217 e. The number of carbonyl (C=O) groups excluding carboxylic acids is 1. The van der Waals surface area contributed by atoms with Gasteiger partial charge in [-0.2, -0.15) is 0 Å². The molecule has 0 spiro atoms. The lowest BCUT2D eigenvalue weighted by Crippen LogP contribution is -2.11. The van der Waals surface area contributed by atoms with E-state index in [1.807, 2.05) is 30.3 Å². The zero-order valence-electron chi connectivity index (χ0n) is 11.0. The van der Waals surface area contributed by atoms with E-state index in [0.717, 1.165) is 11.1 Å². The van der Waals surface area contributed by atoms with E-state index >= 15 is 0 Å². The van der Waals surface area contributed by atoms with Gasteiger partial charge in [0.05, 0.1) is 0 Å². The van der Waals surface area contributed by atoms with Gasteiger partial charge in [0.15, 0.2) is 0 Å². The van der Waals surface area contributed by atoms with Crippen LogP contribution in [0, 0.1) is 5.82 Å². The molecule has 0 atom stereocenters. The van der Waals surface area contributed by atoms with Crippen LogP contribution in [0.1, 0.15) is 17.5 Å². The fourth-order valence-corrected chi connectivity index (χ4v) is 1.81. The van der Waals surface area contributed by atoms with Gasteiger partial charge in [0.1, 0.15) is 18.2 Å². The van der Waals surface area contributed by atoms with Crippen molar-refractivity contribution in [3.63, 3.8) is 0 Å². The number of ether oxygens (including phenoxy) is 1. The van der Waals surface area contributed by atoms with E-state index in [1.165, 1.54) is 12.1 Å². The number of nitrogens with two attached hydrogens (primary N) is 1. The topological polar surface area (TPSA) is 52.3 Å². The van der Waals surface area contributed by atoms with Gasteiger partial charge in [-0.05, 0) is 41.8 Å². The van der Waals surface area contributed by atoms with Crippen LogP contribution in [-0.2, 0) is 17.8 Å². The molecule has 0 unspecified atom stereocenters. The molecule has 2 N–H and O–H groups in total. The van der Waals surface area contributed by atoms with Crippen LogP contribution in [0.2, 0.25) is 0 Å². The maximum absolute atomic E-state index is 13.0. The van der Waals surface area contributed by atoms with Crippen molar-refractivity contribution in [1.29, 1.82) is 0 Å². The van der Waals surface area contributed by atoms with E-state index in [1.54, 1.807) is 6.07 Å². The van der Waals surface area contributed by atoms with E-state index < -0.39 is 0 Å². The Morgan fingerprint density at radius 1 is 1.10 bits per heavy atom. The SMILES string of the molecule is NC(=O)CCc1ccc(OCc2cccc(F)c2)cc1. The lowest BCUT2D eigenvalue weighted by molar-refractivity contribution is -0.117. The molecule has 2 aromatic carbocycles. The van der Waals surface area contributed by atoms with Gasteiger partial charge in [-0.25, -0.2) is 4.39 Å². The van der Waals surface area contributed by atoms with Gasteiger partial charge in [-0.1, -0.05) is 24.3 Å². The first-order chi connectivity index (χ1) is 9.63. The number of carbonyl (C=O) groups is 1. The van der Waals surface area contributed by atoms with E-state index in [-0.39, 0.29) is 11.7 Å². The maximum atomic E-state index is 13.0. The van der Waals surface area contributed by atoms with E-state index in [9.17, 15) is 9.18 Å². The molecule has 0 heterocycles. The van der Waals surface area contributed by atoms with Crippen LogP contribution in [0.5, 0.6) is 5.75 Å². The van der Waals surface area contributed by atoms with E-state index in [0.29, 0.717) is 25.2 Å². The monoisotopic (exact) mass is 273 g/mol. The van der Waals surface area contributed by atoms with Crippen molar-refractivity contribution < 1.29 is 13.9 Å². The Labute approximate surface area is 117 Å². The summed E-state index contributed by atoms with van der Waals surface area (Å²) in [5.41, 5.74) is 6.91. The standard InChI is InChI=1S/C16H16FNO2/c17-14-3-1-2-13(10-14)11-20-15-7-4-12(5-8-15)6-9-16(18)19/h1-5,7-8,10H,6,9,11H2,(H2,18,19). The van der Waals surface area contributed by atoms with Crippen molar-refractivity contribution in [1.82, 2.24) is 0 Å². The second-order valence-corrected chi connectivity index (χ2v) is 4.53. The first kappa shape index (κ1) is 14.1. The molecule has 0 saturated carbocycles. The Morgan fingerprint density at radius 3 is 2.50 bits per heavy atom. The average Bonchev–Trinajstić information content (AvgIpc) is 2.44. The Kier molecular flexibility index (Phi) is 4.71. The fraction of sp³-hybridized carbons (Fsp3) is 0.188. The lowest BCUT2D eigenvalue weighted by Gasteiger charge is -2.07. The quantitative estimate of drug-likeness (QED) is 0.879. The van der Waals surface area contributed by atoms with Crippen molar-refractivity contribution in [3.8, 4) is 5.75 Å². The summed E-state index contributed by atoms with van der Waals surface area (Å²) in [6.45, 7) is 0.318. The summed E-state index contributed by atoms with van der Waals surface area (Å²) >= 11 is 0. The third-order valence-electron chi connectivity index (χ3n) is 2.88. The van der Waals surface area contributed by atoms with Crippen LogP contribution in [-0.4, -0.2) is 5.91 Å². The molecule has 20 heavy (non-hydrogen) atoms. The molecule has 0 bridgehead atoms. The predicted molar refractivity (Wildman–Crippen MR) is 74.7 cm³/mol. The van der Waals surface area contributed by atoms with Crippen molar-refractivity contribution >= 4 is 5.91 Å². The molecule has 3 nitrogen and oxygen atoms in total. The second kappa shape index (κ2) is 6.70. The highest BCUT2D eigenvalue weighted by Gasteiger charge is 2.00. The maximum Gasteiger partial charge on any atom is 0.217 e. The highest BCUT2D eigenvalue weighted by Crippen LogP contribution is 2.15. The first-order valence-corrected chi connectivity index (χ1v) is 6.38. The van der Waals surface area contributed by atoms with Crippen LogP contribution >= 0.6 is 0 Å². The molecule has 2 rings (SSSR count). The molecule has 0 aromatic heterocycles. The zero-order valence-corrected chi connectivity index (χ0v) is 11.0. The molecule has 0 aliphatic heterocycles. The molecule has 0 saturated heterocycles. The number of benzene rings is 2. The summed E-state index contributed by atoms with van der Waals surface area (Å²) in [4.78, 5) is 10.7. The Balaban J connectivity index is 1.89. The zero-order chi connectivity index (χ0) is 14.4. The predicted octanol–water partition coefficient (Wildman–Crippen LogP) is 2.82. The highest BCUT2D eigenvalue weighted by molar-refractivity contribution is 5.74. The lowest BCUT2D eigenvalue weighted by atomic mass is 10.1. The van der Waals surface area contributed by atoms with Crippen molar-refractivity contribution in [2.24, 2.45) is 5.73 Å². The molecule has 4 heteroatoms. The fourth-order valence-electron chi connectivity index (χ4n) is 1.81. The molecular formula is C16H16FNO2. The molecule has 1 amide bonds. The normalized spacial score (nSPS) is 10.2. The highest BCUT2D eigenvalue weighted by atomic mass is 19.1. The number of hydrogen-bond acceptors (Lipinski definition) is 2. The minimum absolute atomic E-state index is 0.270. The summed E-state index contributed by atoms with van der Waals surface area (Å²) in [5, 5.41) is 0. The number of halogens is 1. The third-order valence-corrected chi connectivity index (χ3v) is 2.88. The Hall–Kier alpha value is -2.36. The van der Waals surface area contributed by atoms with Gasteiger partial charge < -0.3 is 10.5 Å². The van der Waals surface area contributed by atoms with E-state index in [4.69, 9.17) is 10.5 Å². The van der Waals surface area contributed by atoms with Crippen LogP contribution in [0.4, 0.5) is 4.39 Å². The molecule has 2 aromatic rings. The third kappa shape index (κ3) is 4.39. The number of aryl methyl sites for hydroxylation is 1. The number of hydrogen-bond donors (Lipinski definition) is 1. The molecule has 0 fully saturated rings. The Morgan fingerprint density at radius 2 is 1.85 bits per heavy atom. The number of rotatable bonds is 6. The van der Waals surface area contributed by atoms with E-state index in [2.05, 4.69) is 0 Å². The molecular weight excluding hydrogens is 257 g/mol.